The maximum Gasteiger partial charge on any atom is 0.295 e. The van der Waals surface area contributed by atoms with Gasteiger partial charge in [0.25, 0.3) is 25.9 Å². The van der Waals surface area contributed by atoms with E-state index in [1.54, 1.807) is 0 Å². The van der Waals surface area contributed by atoms with Gasteiger partial charge in [-0.2, -0.15) is 27.5 Å². The zero-order valence-corrected chi connectivity index (χ0v) is 16.5. The number of nitro groups is 1. The summed E-state index contributed by atoms with van der Waals surface area (Å²) in [5, 5.41) is 15.9. The highest BCUT2D eigenvalue weighted by molar-refractivity contribution is 7.86. The van der Waals surface area contributed by atoms with Gasteiger partial charge in [-0.05, 0) is 24.3 Å². The van der Waals surface area contributed by atoms with E-state index in [2.05, 4.69) is 16.1 Å². The van der Waals surface area contributed by atoms with Crippen LogP contribution in [0.15, 0.2) is 51.3 Å². The van der Waals surface area contributed by atoms with Gasteiger partial charge in [-0.25, -0.2) is 0 Å². The Kier molecular flexibility index (Phi) is 5.25. The third-order valence-electron chi connectivity index (χ3n) is 3.88. The third kappa shape index (κ3) is 4.10. The Hall–Kier alpha value is -3.47. The first-order chi connectivity index (χ1) is 13.9. The van der Waals surface area contributed by atoms with Crippen LogP contribution in [0, 0.1) is 10.1 Å². The van der Waals surface area contributed by atoms with Gasteiger partial charge in [-0.15, -0.1) is 5.10 Å². The molecule has 2 aromatic rings. The molecule has 160 valence electrons. The summed E-state index contributed by atoms with van der Waals surface area (Å²) in [7, 11) is -8.36. The van der Waals surface area contributed by atoms with Crippen molar-refractivity contribution in [3.8, 4) is 5.75 Å². The van der Waals surface area contributed by atoms with Crippen molar-refractivity contribution in [2.45, 2.75) is 9.79 Å². The lowest BCUT2D eigenvalue weighted by Gasteiger charge is -2.20. The summed E-state index contributed by atoms with van der Waals surface area (Å²) in [6.07, 6.45) is 0. The second-order valence-corrected chi connectivity index (χ2v) is 8.54. The molecule has 0 aromatic heterocycles. The first-order valence-electron chi connectivity index (χ1n) is 7.74. The molecule has 2 aromatic carbocycles. The smallest absolute Gasteiger partial charge is 0.295 e. The van der Waals surface area contributed by atoms with Crippen molar-refractivity contribution in [2.75, 3.05) is 12.2 Å². The van der Waals surface area contributed by atoms with E-state index < -0.39 is 35.0 Å². The Bertz CT molecular complexity index is 1270. The predicted octanol–water partition coefficient (Wildman–Crippen LogP) is 0.288. The van der Waals surface area contributed by atoms with Crippen molar-refractivity contribution in [2.24, 2.45) is 5.10 Å². The lowest BCUT2D eigenvalue weighted by atomic mass is 10.2. The number of benzene rings is 2. The van der Waals surface area contributed by atoms with Crippen molar-refractivity contribution >= 4 is 37.4 Å². The van der Waals surface area contributed by atoms with Crippen LogP contribution in [0.2, 0.25) is 0 Å². The molecular weight excluding hydrogens is 446 g/mol. The van der Waals surface area contributed by atoms with Crippen molar-refractivity contribution < 1.29 is 35.6 Å². The topological polar surface area (TPSA) is 201 Å². The number of ether oxygens (including phenoxy) is 1. The van der Waals surface area contributed by atoms with E-state index in [0.29, 0.717) is 6.07 Å². The number of nitro benzene ring substituents is 1. The molecule has 0 fully saturated rings. The highest BCUT2D eigenvalue weighted by atomic mass is 32.2. The molecule has 0 bridgehead atoms. The van der Waals surface area contributed by atoms with E-state index in [4.69, 9.17) is 9.29 Å². The average molecular weight is 459 g/mol. The van der Waals surface area contributed by atoms with Crippen LogP contribution in [-0.4, -0.2) is 43.8 Å². The molecule has 4 N–H and O–H groups in total. The SMILES string of the molecule is COc1cc([N+](=O)[O-])ccc1N1NN=C(c2ccc(S(=O)(=O)O)cc2S(=O)(=O)O)N1. The second kappa shape index (κ2) is 7.41. The van der Waals surface area contributed by atoms with Gasteiger partial charge < -0.3 is 4.74 Å². The monoisotopic (exact) mass is 459 g/mol. The van der Waals surface area contributed by atoms with Gasteiger partial charge in [0.2, 0.25) is 0 Å². The van der Waals surface area contributed by atoms with Crippen LogP contribution >= 0.6 is 0 Å². The quantitative estimate of drug-likeness (QED) is 0.262. The maximum absolute atomic E-state index is 11.7. The number of anilines is 1. The van der Waals surface area contributed by atoms with Gasteiger partial charge in [-0.3, -0.25) is 24.6 Å². The normalized spacial score (nSPS) is 14.0. The third-order valence-corrected chi connectivity index (χ3v) is 5.62. The highest BCUT2D eigenvalue weighted by Crippen LogP contribution is 2.32. The number of nitrogens with one attached hydrogen (secondary N) is 2. The van der Waals surface area contributed by atoms with Crippen LogP contribution in [-0.2, 0) is 20.2 Å². The number of nitrogens with zero attached hydrogens (tertiary/aromatic N) is 3. The largest absolute Gasteiger partial charge is 0.494 e. The zero-order valence-electron chi connectivity index (χ0n) is 14.9. The molecule has 0 atom stereocenters. The minimum absolute atomic E-state index is 0.0809. The Morgan fingerprint density at radius 1 is 1.10 bits per heavy atom. The van der Waals surface area contributed by atoms with Gasteiger partial charge in [0.05, 0.1) is 23.0 Å². The zero-order chi connectivity index (χ0) is 22.3. The highest BCUT2D eigenvalue weighted by Gasteiger charge is 2.28. The van der Waals surface area contributed by atoms with Crippen molar-refractivity contribution in [1.82, 2.24) is 11.0 Å². The van der Waals surface area contributed by atoms with E-state index >= 15 is 0 Å². The standard InChI is InChI=1S/C14H13N5O9S2/c1-28-12-6-8(19(20)21)2-5-11(12)18-16-14(15-17-18)10-4-3-9(29(22,23)24)7-13(10)30(25,26)27/h2-7,17H,1H3,(H,15,16)(H,22,23,24)(H,25,26,27). The van der Waals surface area contributed by atoms with Crippen molar-refractivity contribution in [3.63, 3.8) is 0 Å². The van der Waals surface area contributed by atoms with Gasteiger partial charge >= 0.3 is 0 Å². The summed E-state index contributed by atoms with van der Waals surface area (Å²) in [5.41, 5.74) is 4.93. The average Bonchev–Trinajstić information content (AvgIpc) is 3.15. The van der Waals surface area contributed by atoms with Crippen LogP contribution in [0.3, 0.4) is 0 Å². The molecule has 14 nitrogen and oxygen atoms in total. The maximum atomic E-state index is 11.7. The van der Waals surface area contributed by atoms with E-state index in [1.807, 2.05) is 0 Å². The van der Waals surface area contributed by atoms with Crippen LogP contribution in [0.5, 0.6) is 5.75 Å². The van der Waals surface area contributed by atoms with Crippen LogP contribution in [0.4, 0.5) is 11.4 Å². The number of hydrogen-bond acceptors (Lipinski definition) is 11. The fraction of sp³-hybridized carbons (Fsp3) is 0.0714. The van der Waals surface area contributed by atoms with Gasteiger partial charge in [-0.1, -0.05) is 0 Å². The number of rotatable bonds is 6. The molecule has 0 radical (unpaired) electrons. The van der Waals surface area contributed by atoms with E-state index in [1.165, 1.54) is 19.2 Å². The summed E-state index contributed by atoms with van der Waals surface area (Å²) in [5.74, 6) is -0.0673. The minimum atomic E-state index is -4.91. The number of amidine groups is 1. The number of hydrazine groups is 2. The van der Waals surface area contributed by atoms with Gasteiger partial charge in [0.1, 0.15) is 10.6 Å². The van der Waals surface area contributed by atoms with E-state index in [-0.39, 0.29) is 28.5 Å². The first kappa shape index (κ1) is 21.2. The molecule has 0 unspecified atom stereocenters. The molecule has 1 aliphatic heterocycles. The first-order valence-corrected chi connectivity index (χ1v) is 10.6. The van der Waals surface area contributed by atoms with Crippen LogP contribution < -0.4 is 20.8 Å². The molecule has 0 amide bonds. The van der Waals surface area contributed by atoms with E-state index in [9.17, 15) is 31.5 Å². The van der Waals surface area contributed by atoms with Crippen molar-refractivity contribution in [3.05, 3.63) is 52.1 Å². The number of hydrogen-bond donors (Lipinski definition) is 4. The van der Waals surface area contributed by atoms with Crippen molar-refractivity contribution in [1.29, 1.82) is 0 Å². The molecule has 0 saturated carbocycles. The molecule has 0 saturated heterocycles. The lowest BCUT2D eigenvalue weighted by molar-refractivity contribution is -0.384. The van der Waals surface area contributed by atoms with Crippen LogP contribution in [0.1, 0.15) is 5.56 Å². The molecule has 3 rings (SSSR count). The molecule has 1 heterocycles. The molecule has 0 spiro atoms. The molecule has 30 heavy (non-hydrogen) atoms. The fourth-order valence-corrected chi connectivity index (χ4v) is 3.83. The van der Waals surface area contributed by atoms with Gasteiger partial charge in [0.15, 0.2) is 11.6 Å². The fourth-order valence-electron chi connectivity index (χ4n) is 2.53. The Labute approximate surface area is 169 Å². The molecular formula is C14H13N5O9S2. The summed E-state index contributed by atoms with van der Waals surface area (Å²) < 4.78 is 69.7. The Balaban J connectivity index is 1.99. The predicted molar refractivity (Wildman–Crippen MR) is 101 cm³/mol. The van der Waals surface area contributed by atoms with Crippen LogP contribution in [0.25, 0.3) is 0 Å². The minimum Gasteiger partial charge on any atom is -0.494 e. The number of methoxy groups -OCH3 is 1. The molecule has 16 heteroatoms. The molecule has 1 aliphatic rings. The van der Waals surface area contributed by atoms with Gasteiger partial charge in [0, 0.05) is 11.6 Å². The second-order valence-electron chi connectivity index (χ2n) is 5.73. The Morgan fingerprint density at radius 2 is 1.80 bits per heavy atom. The molecule has 0 aliphatic carbocycles. The summed E-state index contributed by atoms with van der Waals surface area (Å²) in [6, 6.07) is 6.18. The summed E-state index contributed by atoms with van der Waals surface area (Å²) in [4.78, 5) is 8.71. The Morgan fingerprint density at radius 3 is 2.37 bits per heavy atom. The summed E-state index contributed by atoms with van der Waals surface area (Å²) >= 11 is 0. The summed E-state index contributed by atoms with van der Waals surface area (Å²) in [6.45, 7) is 0. The van der Waals surface area contributed by atoms with E-state index in [0.717, 1.165) is 23.3 Å². The number of non-ortho nitro benzene ring substituents is 1. The lowest BCUT2D eigenvalue weighted by Crippen LogP contribution is -2.42. The number of hydrazone groups is 1.